The average molecular weight is 275 g/mol. The van der Waals surface area contributed by atoms with E-state index in [4.69, 9.17) is 4.74 Å². The molecule has 0 bridgehead atoms. The first-order valence-electron chi connectivity index (χ1n) is 7.44. The van der Waals surface area contributed by atoms with E-state index < -0.39 is 6.10 Å². The van der Waals surface area contributed by atoms with Gasteiger partial charge in [-0.3, -0.25) is 4.79 Å². The minimum absolute atomic E-state index is 0.0704. The van der Waals surface area contributed by atoms with Crippen molar-refractivity contribution in [2.45, 2.75) is 44.3 Å². The summed E-state index contributed by atoms with van der Waals surface area (Å²) in [6.45, 7) is 0.552. The van der Waals surface area contributed by atoms with Gasteiger partial charge in [-0.2, -0.15) is 0 Å². The van der Waals surface area contributed by atoms with Crippen molar-refractivity contribution in [2.75, 3.05) is 6.54 Å². The molecule has 0 radical (unpaired) electrons. The molecule has 108 valence electrons. The zero-order chi connectivity index (χ0) is 13.9. The summed E-state index contributed by atoms with van der Waals surface area (Å²) in [5.74, 6) is 0.931. The van der Waals surface area contributed by atoms with E-state index in [0.717, 1.165) is 37.0 Å². The summed E-state index contributed by atoms with van der Waals surface area (Å²) in [5.41, 5.74) is 1.09. The number of amides is 1. The smallest absolute Gasteiger partial charge is 0.261 e. The summed E-state index contributed by atoms with van der Waals surface area (Å²) in [5, 5.41) is 12.8. The zero-order valence-corrected chi connectivity index (χ0v) is 11.5. The number of ether oxygens (including phenoxy) is 1. The average Bonchev–Trinajstić information content (AvgIpc) is 2.90. The van der Waals surface area contributed by atoms with Gasteiger partial charge in [0.25, 0.3) is 5.91 Å². The molecule has 2 aliphatic rings. The number of aliphatic hydroxyl groups is 1. The van der Waals surface area contributed by atoms with Crippen molar-refractivity contribution in [1.29, 1.82) is 0 Å². The highest BCUT2D eigenvalue weighted by Crippen LogP contribution is 2.28. The number of carbonyl (C=O) groups excluding carboxylic acids is 1. The molecule has 1 aliphatic heterocycles. The Bertz CT molecular complexity index is 463. The molecule has 4 heteroatoms. The first-order chi connectivity index (χ1) is 9.74. The van der Waals surface area contributed by atoms with Crippen molar-refractivity contribution < 1.29 is 14.6 Å². The van der Waals surface area contributed by atoms with Crippen molar-refractivity contribution in [3.8, 4) is 5.75 Å². The first-order valence-corrected chi connectivity index (χ1v) is 7.44. The van der Waals surface area contributed by atoms with Crippen LogP contribution in [0.1, 0.15) is 31.2 Å². The lowest BCUT2D eigenvalue weighted by Gasteiger charge is -2.27. The van der Waals surface area contributed by atoms with Crippen molar-refractivity contribution in [3.63, 3.8) is 0 Å². The van der Waals surface area contributed by atoms with Crippen LogP contribution in [0.4, 0.5) is 0 Å². The summed E-state index contributed by atoms with van der Waals surface area (Å²) in [6.07, 6.45) is 4.02. The van der Waals surface area contributed by atoms with Gasteiger partial charge in [-0.15, -0.1) is 0 Å². The molecule has 0 aromatic heterocycles. The largest absolute Gasteiger partial charge is 0.480 e. The number of hydrogen-bond acceptors (Lipinski definition) is 3. The lowest BCUT2D eigenvalue weighted by atomic mass is 9.86. The Morgan fingerprint density at radius 1 is 1.30 bits per heavy atom. The Hall–Kier alpha value is -1.55. The highest BCUT2D eigenvalue weighted by molar-refractivity contribution is 5.82. The monoisotopic (exact) mass is 275 g/mol. The third-order valence-corrected chi connectivity index (χ3v) is 4.35. The third-order valence-electron chi connectivity index (χ3n) is 4.35. The van der Waals surface area contributed by atoms with E-state index in [0.29, 0.717) is 13.0 Å². The predicted molar refractivity (Wildman–Crippen MR) is 75.5 cm³/mol. The van der Waals surface area contributed by atoms with Gasteiger partial charge in [0.2, 0.25) is 0 Å². The fraction of sp³-hybridized carbons (Fsp3) is 0.562. The Kier molecular flexibility index (Phi) is 3.92. The molecule has 20 heavy (non-hydrogen) atoms. The Morgan fingerprint density at radius 2 is 2.10 bits per heavy atom. The molecule has 1 aromatic rings. The van der Waals surface area contributed by atoms with Crippen molar-refractivity contribution >= 4 is 5.91 Å². The quantitative estimate of drug-likeness (QED) is 0.882. The van der Waals surface area contributed by atoms with Gasteiger partial charge >= 0.3 is 0 Å². The number of fused-ring (bicyclic) bond motifs is 1. The number of benzene rings is 1. The lowest BCUT2D eigenvalue weighted by Crippen LogP contribution is -2.42. The van der Waals surface area contributed by atoms with Crippen LogP contribution in [0.5, 0.6) is 5.75 Å². The molecule has 3 atom stereocenters. The van der Waals surface area contributed by atoms with E-state index in [1.165, 1.54) is 0 Å². The highest BCUT2D eigenvalue weighted by atomic mass is 16.5. The molecular weight excluding hydrogens is 254 g/mol. The molecule has 1 aliphatic carbocycles. The maximum Gasteiger partial charge on any atom is 0.261 e. The molecule has 1 fully saturated rings. The minimum Gasteiger partial charge on any atom is -0.480 e. The van der Waals surface area contributed by atoms with Gasteiger partial charge in [-0.25, -0.2) is 0 Å². The van der Waals surface area contributed by atoms with E-state index in [2.05, 4.69) is 5.32 Å². The van der Waals surface area contributed by atoms with Crippen molar-refractivity contribution in [1.82, 2.24) is 5.32 Å². The molecule has 1 amide bonds. The summed E-state index contributed by atoms with van der Waals surface area (Å²) in [4.78, 5) is 12.1. The topological polar surface area (TPSA) is 58.6 Å². The molecule has 1 heterocycles. The molecule has 1 saturated carbocycles. The molecule has 1 aromatic carbocycles. The molecule has 3 unspecified atom stereocenters. The van der Waals surface area contributed by atoms with Crippen LogP contribution in [0.3, 0.4) is 0 Å². The highest BCUT2D eigenvalue weighted by Gasteiger charge is 2.30. The fourth-order valence-corrected chi connectivity index (χ4v) is 3.10. The second-order valence-corrected chi connectivity index (χ2v) is 5.78. The number of nitrogens with one attached hydrogen (secondary N) is 1. The van der Waals surface area contributed by atoms with Crippen LogP contribution >= 0.6 is 0 Å². The van der Waals surface area contributed by atoms with Gasteiger partial charge in [0.05, 0.1) is 6.10 Å². The number of rotatable bonds is 3. The van der Waals surface area contributed by atoms with Crippen LogP contribution in [0.15, 0.2) is 24.3 Å². The second-order valence-electron chi connectivity index (χ2n) is 5.78. The van der Waals surface area contributed by atoms with Gasteiger partial charge in [0.15, 0.2) is 6.10 Å². The van der Waals surface area contributed by atoms with Crippen molar-refractivity contribution in [2.24, 2.45) is 5.92 Å². The number of hydrogen-bond donors (Lipinski definition) is 2. The van der Waals surface area contributed by atoms with Crippen LogP contribution < -0.4 is 10.1 Å². The number of para-hydroxylation sites is 1. The van der Waals surface area contributed by atoms with Gasteiger partial charge in [0, 0.05) is 18.9 Å². The zero-order valence-electron chi connectivity index (χ0n) is 11.5. The van der Waals surface area contributed by atoms with E-state index in [9.17, 15) is 9.90 Å². The van der Waals surface area contributed by atoms with Crippen LogP contribution in [0, 0.1) is 5.92 Å². The molecule has 0 spiro atoms. The predicted octanol–water partition coefficient (Wildman–Crippen LogP) is 1.66. The summed E-state index contributed by atoms with van der Waals surface area (Å²) < 4.78 is 5.66. The van der Waals surface area contributed by atoms with E-state index in [1.54, 1.807) is 0 Å². The summed E-state index contributed by atoms with van der Waals surface area (Å²) >= 11 is 0. The standard InChI is InChI=1S/C16H21NO3/c18-13-7-3-1-6-12(13)10-17-16(19)15-9-11-5-2-4-8-14(11)20-15/h2,4-5,8,12-13,15,18H,1,3,6-7,9-10H2,(H,17,19). The van der Waals surface area contributed by atoms with Gasteiger partial charge in [-0.1, -0.05) is 31.0 Å². The molecule has 4 nitrogen and oxygen atoms in total. The van der Waals surface area contributed by atoms with Crippen LogP contribution in [-0.2, 0) is 11.2 Å². The second kappa shape index (κ2) is 5.83. The van der Waals surface area contributed by atoms with Crippen LogP contribution in [0.25, 0.3) is 0 Å². The Morgan fingerprint density at radius 3 is 2.90 bits per heavy atom. The molecule has 0 saturated heterocycles. The van der Waals surface area contributed by atoms with E-state index in [1.807, 2.05) is 24.3 Å². The number of carbonyl (C=O) groups is 1. The van der Waals surface area contributed by atoms with Crippen LogP contribution in [-0.4, -0.2) is 29.8 Å². The summed E-state index contributed by atoms with van der Waals surface area (Å²) in [6, 6.07) is 7.76. The molecular formula is C16H21NO3. The van der Waals surface area contributed by atoms with Crippen molar-refractivity contribution in [3.05, 3.63) is 29.8 Å². The lowest BCUT2D eigenvalue weighted by molar-refractivity contribution is -0.127. The molecule has 2 N–H and O–H groups in total. The number of aliphatic hydroxyl groups excluding tert-OH is 1. The van der Waals surface area contributed by atoms with E-state index in [-0.39, 0.29) is 17.9 Å². The summed E-state index contributed by atoms with van der Waals surface area (Å²) in [7, 11) is 0. The SMILES string of the molecule is O=C(NCC1CCCCC1O)C1Cc2ccccc2O1. The van der Waals surface area contributed by atoms with Gasteiger partial charge in [-0.05, 0) is 24.5 Å². The first kappa shape index (κ1) is 13.4. The van der Waals surface area contributed by atoms with Crippen LogP contribution in [0.2, 0.25) is 0 Å². The minimum atomic E-state index is -0.423. The maximum atomic E-state index is 12.1. The van der Waals surface area contributed by atoms with Gasteiger partial charge in [0.1, 0.15) is 5.75 Å². The molecule has 3 rings (SSSR count). The Labute approximate surface area is 119 Å². The third kappa shape index (κ3) is 2.80. The normalized spacial score (nSPS) is 28.6. The maximum absolute atomic E-state index is 12.1. The Balaban J connectivity index is 1.51. The van der Waals surface area contributed by atoms with Gasteiger partial charge < -0.3 is 15.2 Å². The van der Waals surface area contributed by atoms with E-state index >= 15 is 0 Å². The fourth-order valence-electron chi connectivity index (χ4n) is 3.10.